The Bertz CT molecular complexity index is 705. The lowest BCUT2D eigenvalue weighted by atomic mass is 10.1. The first kappa shape index (κ1) is 13.1. The van der Waals surface area contributed by atoms with E-state index in [9.17, 15) is 9.90 Å². The monoisotopic (exact) mass is 278 g/mol. The van der Waals surface area contributed by atoms with Crippen LogP contribution in [0.3, 0.4) is 0 Å². The van der Waals surface area contributed by atoms with Crippen LogP contribution in [0.1, 0.15) is 25.1 Å². The van der Waals surface area contributed by atoms with Crippen molar-refractivity contribution in [2.24, 2.45) is 5.92 Å². The highest BCUT2D eigenvalue weighted by atomic mass is 16.5. The first-order valence-electron chi connectivity index (χ1n) is 6.64. The molecule has 20 heavy (non-hydrogen) atoms. The number of anilines is 1. The predicted octanol–water partition coefficient (Wildman–Crippen LogP) is 0.531. The summed E-state index contributed by atoms with van der Waals surface area (Å²) in [6, 6.07) is 0. The molecule has 3 rings (SSSR count). The number of aliphatic hydroxyl groups is 1. The number of rotatable bonds is 2. The highest BCUT2D eigenvalue weighted by molar-refractivity contribution is 5.80. The maximum Gasteiger partial charge on any atom is 0.262 e. The molecule has 3 unspecified atom stereocenters. The van der Waals surface area contributed by atoms with E-state index in [0.717, 1.165) is 12.0 Å². The number of nitrogens with zero attached hydrogens (tertiary/aromatic N) is 2. The van der Waals surface area contributed by atoms with E-state index in [-0.39, 0.29) is 36.4 Å². The average Bonchev–Trinajstić information content (AvgIpc) is 2.90. The molecule has 108 valence electrons. The molecule has 3 heterocycles. The number of aryl methyl sites for hydroxylation is 1. The number of H-pyrrole nitrogens is 1. The molecule has 1 aliphatic heterocycles. The normalized spacial score (nSPS) is 26.4. The zero-order valence-electron chi connectivity index (χ0n) is 11.5. The van der Waals surface area contributed by atoms with Crippen LogP contribution in [0.2, 0.25) is 0 Å². The first-order valence-corrected chi connectivity index (χ1v) is 6.64. The molecule has 0 radical (unpaired) electrons. The second kappa shape index (κ2) is 4.60. The largest absolute Gasteiger partial charge is 0.394 e. The minimum atomic E-state index is -0.242. The lowest BCUT2D eigenvalue weighted by Gasteiger charge is -2.18. The second-order valence-corrected chi connectivity index (χ2v) is 5.41. The lowest BCUT2D eigenvalue weighted by Crippen LogP contribution is -2.17. The SMILES string of the molecule is Cc1cn(C2OC(CO)CC2C)c2nc(N)[nH]c(=O)c12. The Morgan fingerprint density at radius 1 is 1.65 bits per heavy atom. The molecule has 1 aliphatic rings. The Labute approximate surface area is 115 Å². The van der Waals surface area contributed by atoms with Crippen molar-refractivity contribution in [3.8, 4) is 0 Å². The van der Waals surface area contributed by atoms with Crippen LogP contribution < -0.4 is 11.3 Å². The number of fused-ring (bicyclic) bond motifs is 1. The van der Waals surface area contributed by atoms with Crippen LogP contribution in [0.4, 0.5) is 5.95 Å². The molecule has 0 bridgehead atoms. The summed E-state index contributed by atoms with van der Waals surface area (Å²) in [7, 11) is 0. The van der Waals surface area contributed by atoms with Gasteiger partial charge in [-0.05, 0) is 18.9 Å². The fourth-order valence-corrected chi connectivity index (χ4v) is 2.92. The van der Waals surface area contributed by atoms with Crippen molar-refractivity contribution in [3.05, 3.63) is 22.1 Å². The van der Waals surface area contributed by atoms with E-state index in [1.165, 1.54) is 0 Å². The minimum absolute atomic E-state index is 0.00479. The average molecular weight is 278 g/mol. The number of nitrogens with two attached hydrogens (primary N) is 1. The van der Waals surface area contributed by atoms with Gasteiger partial charge in [0.25, 0.3) is 5.56 Å². The van der Waals surface area contributed by atoms with Crippen LogP contribution in [0, 0.1) is 12.8 Å². The number of nitrogens with one attached hydrogen (secondary N) is 1. The summed E-state index contributed by atoms with van der Waals surface area (Å²) < 4.78 is 7.67. The third-order valence-corrected chi connectivity index (χ3v) is 3.82. The molecule has 1 fully saturated rings. The van der Waals surface area contributed by atoms with E-state index < -0.39 is 0 Å². The van der Waals surface area contributed by atoms with E-state index in [4.69, 9.17) is 10.5 Å². The highest BCUT2D eigenvalue weighted by Gasteiger charge is 2.34. The summed E-state index contributed by atoms with van der Waals surface area (Å²) in [4.78, 5) is 18.7. The van der Waals surface area contributed by atoms with Crippen molar-refractivity contribution in [1.29, 1.82) is 0 Å². The van der Waals surface area contributed by atoms with Gasteiger partial charge in [0.1, 0.15) is 6.23 Å². The van der Waals surface area contributed by atoms with Gasteiger partial charge in [-0.2, -0.15) is 4.98 Å². The minimum Gasteiger partial charge on any atom is -0.394 e. The van der Waals surface area contributed by atoms with Crippen molar-refractivity contribution in [2.45, 2.75) is 32.6 Å². The van der Waals surface area contributed by atoms with Gasteiger partial charge >= 0.3 is 0 Å². The van der Waals surface area contributed by atoms with Gasteiger partial charge in [0, 0.05) is 12.1 Å². The third-order valence-electron chi connectivity index (χ3n) is 3.82. The van der Waals surface area contributed by atoms with Gasteiger partial charge in [0.2, 0.25) is 5.95 Å². The Kier molecular flexibility index (Phi) is 3.02. The number of nitrogen functional groups attached to an aromatic ring is 1. The van der Waals surface area contributed by atoms with Crippen molar-refractivity contribution in [2.75, 3.05) is 12.3 Å². The fourth-order valence-electron chi connectivity index (χ4n) is 2.92. The number of aromatic nitrogens is 3. The van der Waals surface area contributed by atoms with E-state index in [0.29, 0.717) is 11.0 Å². The maximum absolute atomic E-state index is 12.0. The van der Waals surface area contributed by atoms with Gasteiger partial charge < -0.3 is 20.1 Å². The van der Waals surface area contributed by atoms with Crippen LogP contribution >= 0.6 is 0 Å². The quantitative estimate of drug-likeness (QED) is 0.743. The molecule has 7 heteroatoms. The molecular formula is C13H18N4O3. The topological polar surface area (TPSA) is 106 Å². The van der Waals surface area contributed by atoms with E-state index in [2.05, 4.69) is 16.9 Å². The van der Waals surface area contributed by atoms with E-state index >= 15 is 0 Å². The molecule has 0 aromatic carbocycles. The first-order chi connectivity index (χ1) is 9.51. The van der Waals surface area contributed by atoms with Gasteiger partial charge in [-0.1, -0.05) is 6.92 Å². The third kappa shape index (κ3) is 1.90. The number of hydrogen-bond acceptors (Lipinski definition) is 5. The van der Waals surface area contributed by atoms with E-state index in [1.807, 2.05) is 17.7 Å². The smallest absolute Gasteiger partial charge is 0.262 e. The lowest BCUT2D eigenvalue weighted by molar-refractivity contribution is -0.0292. The zero-order chi connectivity index (χ0) is 14.4. The number of ether oxygens (including phenoxy) is 1. The van der Waals surface area contributed by atoms with Crippen molar-refractivity contribution < 1.29 is 9.84 Å². The number of hydrogen-bond donors (Lipinski definition) is 3. The van der Waals surface area contributed by atoms with Crippen molar-refractivity contribution >= 4 is 17.0 Å². The molecule has 3 atom stereocenters. The van der Waals surface area contributed by atoms with Gasteiger partial charge in [-0.25, -0.2) is 0 Å². The highest BCUT2D eigenvalue weighted by Crippen LogP contribution is 2.36. The molecule has 2 aromatic rings. The van der Waals surface area contributed by atoms with Gasteiger partial charge in [-0.3, -0.25) is 9.78 Å². The molecule has 1 saturated heterocycles. The van der Waals surface area contributed by atoms with Crippen LogP contribution in [-0.2, 0) is 4.74 Å². The molecular weight excluding hydrogens is 260 g/mol. The number of aromatic amines is 1. The summed E-state index contributed by atoms with van der Waals surface area (Å²) in [5.74, 6) is 0.315. The number of aliphatic hydroxyl groups excluding tert-OH is 1. The molecule has 0 aliphatic carbocycles. The zero-order valence-corrected chi connectivity index (χ0v) is 11.5. The molecule has 0 saturated carbocycles. The fraction of sp³-hybridized carbons (Fsp3) is 0.538. The Hall–Kier alpha value is -1.86. The molecule has 0 spiro atoms. The van der Waals surface area contributed by atoms with Crippen LogP contribution in [0.5, 0.6) is 0 Å². The van der Waals surface area contributed by atoms with Crippen LogP contribution in [0.25, 0.3) is 11.0 Å². The predicted molar refractivity (Wildman–Crippen MR) is 74.3 cm³/mol. The van der Waals surface area contributed by atoms with Gasteiger partial charge in [-0.15, -0.1) is 0 Å². The van der Waals surface area contributed by atoms with E-state index in [1.54, 1.807) is 0 Å². The standard InChI is InChI=1S/C13H18N4O3/c1-6-3-8(5-18)20-12(6)17-4-7(2)9-10(17)15-13(14)16-11(9)19/h4,6,8,12,18H,3,5H2,1-2H3,(H3,14,15,16,19). The maximum atomic E-state index is 12.0. The Morgan fingerprint density at radius 3 is 3.05 bits per heavy atom. The molecule has 4 N–H and O–H groups in total. The molecule has 2 aromatic heterocycles. The summed E-state index contributed by atoms with van der Waals surface area (Å²) in [5.41, 5.74) is 6.74. The molecule has 0 amide bonds. The summed E-state index contributed by atoms with van der Waals surface area (Å²) in [6.45, 7) is 3.91. The second-order valence-electron chi connectivity index (χ2n) is 5.41. The summed E-state index contributed by atoms with van der Waals surface area (Å²) in [5, 5.41) is 9.76. The van der Waals surface area contributed by atoms with Crippen molar-refractivity contribution in [1.82, 2.24) is 14.5 Å². The Balaban J connectivity index is 2.15. The summed E-state index contributed by atoms with van der Waals surface area (Å²) in [6.07, 6.45) is 2.22. The molecule has 7 nitrogen and oxygen atoms in total. The van der Waals surface area contributed by atoms with Crippen molar-refractivity contribution in [3.63, 3.8) is 0 Å². The van der Waals surface area contributed by atoms with Crippen LogP contribution in [-0.4, -0.2) is 32.4 Å². The van der Waals surface area contributed by atoms with Gasteiger partial charge in [0.05, 0.1) is 18.1 Å². The Morgan fingerprint density at radius 2 is 2.40 bits per heavy atom. The van der Waals surface area contributed by atoms with Gasteiger partial charge in [0.15, 0.2) is 5.65 Å². The summed E-state index contributed by atoms with van der Waals surface area (Å²) >= 11 is 0. The van der Waals surface area contributed by atoms with Crippen LogP contribution in [0.15, 0.2) is 11.0 Å².